The highest BCUT2D eigenvalue weighted by molar-refractivity contribution is 9.10. The molecule has 8 heteroatoms. The van der Waals surface area contributed by atoms with Gasteiger partial charge in [0.1, 0.15) is 0 Å². The SMILES string of the molecule is NS(=O)(=O)c1ccc(Br)c(C(=O)NCCCOCc2ccccc2)c1. The first-order valence-corrected chi connectivity index (χ1v) is 9.94. The van der Waals surface area contributed by atoms with Crippen molar-refractivity contribution in [3.05, 3.63) is 64.1 Å². The average Bonchev–Trinajstić information content (AvgIpc) is 2.58. The summed E-state index contributed by atoms with van der Waals surface area (Å²) in [6, 6.07) is 13.9. The topological polar surface area (TPSA) is 98.5 Å². The number of halogens is 1. The molecule has 0 saturated heterocycles. The van der Waals surface area contributed by atoms with Crippen LogP contribution in [-0.2, 0) is 21.4 Å². The van der Waals surface area contributed by atoms with Gasteiger partial charge in [-0.15, -0.1) is 0 Å². The molecule has 3 N–H and O–H groups in total. The lowest BCUT2D eigenvalue weighted by Crippen LogP contribution is -2.26. The summed E-state index contributed by atoms with van der Waals surface area (Å²) in [7, 11) is -3.86. The Morgan fingerprint density at radius 1 is 1.16 bits per heavy atom. The first-order chi connectivity index (χ1) is 11.9. The van der Waals surface area contributed by atoms with Crippen molar-refractivity contribution in [2.45, 2.75) is 17.9 Å². The van der Waals surface area contributed by atoms with Gasteiger partial charge in [-0.1, -0.05) is 30.3 Å². The highest BCUT2D eigenvalue weighted by Gasteiger charge is 2.15. The van der Waals surface area contributed by atoms with Gasteiger partial charge in [-0.05, 0) is 46.1 Å². The number of primary sulfonamides is 1. The van der Waals surface area contributed by atoms with Crippen molar-refractivity contribution in [1.82, 2.24) is 5.32 Å². The predicted molar refractivity (Wildman–Crippen MR) is 98.6 cm³/mol. The molecule has 0 aliphatic rings. The van der Waals surface area contributed by atoms with Crippen molar-refractivity contribution in [1.29, 1.82) is 0 Å². The van der Waals surface area contributed by atoms with E-state index in [1.807, 2.05) is 30.3 Å². The largest absolute Gasteiger partial charge is 0.377 e. The number of ether oxygens (including phenoxy) is 1. The van der Waals surface area contributed by atoms with Gasteiger partial charge in [0.2, 0.25) is 10.0 Å². The summed E-state index contributed by atoms with van der Waals surface area (Å²) in [6.07, 6.45) is 0.644. The van der Waals surface area contributed by atoms with Crippen molar-refractivity contribution < 1.29 is 17.9 Å². The Labute approximate surface area is 155 Å². The molecule has 0 bridgehead atoms. The van der Waals surface area contributed by atoms with Gasteiger partial charge in [0.25, 0.3) is 5.91 Å². The van der Waals surface area contributed by atoms with Gasteiger partial charge in [0, 0.05) is 17.6 Å². The lowest BCUT2D eigenvalue weighted by Gasteiger charge is -2.09. The standard InChI is InChI=1S/C17H19BrN2O4S/c18-16-8-7-14(25(19,22)23)11-15(16)17(21)20-9-4-10-24-12-13-5-2-1-3-6-13/h1-3,5-8,11H,4,9-10,12H2,(H,20,21)(H2,19,22,23). The van der Waals surface area contributed by atoms with Crippen LogP contribution in [0.4, 0.5) is 0 Å². The van der Waals surface area contributed by atoms with Gasteiger partial charge < -0.3 is 10.1 Å². The van der Waals surface area contributed by atoms with Gasteiger partial charge in [0.05, 0.1) is 17.1 Å². The van der Waals surface area contributed by atoms with Crippen molar-refractivity contribution in [3.8, 4) is 0 Å². The molecule has 1 amide bonds. The van der Waals surface area contributed by atoms with Crippen molar-refractivity contribution in [2.75, 3.05) is 13.2 Å². The summed E-state index contributed by atoms with van der Waals surface area (Å²) in [5.41, 5.74) is 1.31. The molecule has 2 aromatic carbocycles. The van der Waals surface area contributed by atoms with Gasteiger partial charge in [-0.2, -0.15) is 0 Å². The summed E-state index contributed by atoms with van der Waals surface area (Å²) in [5, 5.41) is 7.82. The highest BCUT2D eigenvalue weighted by atomic mass is 79.9. The Kier molecular flexibility index (Phi) is 7.12. The second-order valence-corrected chi connectivity index (χ2v) is 7.75. The Bertz CT molecular complexity index is 826. The van der Waals surface area contributed by atoms with E-state index in [1.54, 1.807) is 0 Å². The molecule has 134 valence electrons. The number of carbonyl (C=O) groups excluding carboxylic acids is 1. The van der Waals surface area contributed by atoms with Crippen LogP contribution in [0.3, 0.4) is 0 Å². The van der Waals surface area contributed by atoms with E-state index in [4.69, 9.17) is 9.88 Å². The third-order valence-electron chi connectivity index (χ3n) is 3.37. The second kappa shape index (κ2) is 9.10. The minimum Gasteiger partial charge on any atom is -0.377 e. The molecular weight excluding hydrogens is 408 g/mol. The maximum absolute atomic E-state index is 12.2. The molecule has 0 aliphatic carbocycles. The third-order valence-corrected chi connectivity index (χ3v) is 4.98. The van der Waals surface area contributed by atoms with Gasteiger partial charge in [-0.25, -0.2) is 13.6 Å². The predicted octanol–water partition coefficient (Wildman–Crippen LogP) is 2.43. The number of hydrogen-bond acceptors (Lipinski definition) is 4. The van der Waals surface area contributed by atoms with Crippen LogP contribution >= 0.6 is 15.9 Å². The van der Waals surface area contributed by atoms with Gasteiger partial charge >= 0.3 is 0 Å². The summed E-state index contributed by atoms with van der Waals surface area (Å²) in [6.45, 7) is 1.45. The zero-order chi connectivity index (χ0) is 18.3. The highest BCUT2D eigenvalue weighted by Crippen LogP contribution is 2.20. The molecular formula is C17H19BrN2O4S. The fraction of sp³-hybridized carbons (Fsp3) is 0.235. The van der Waals surface area contributed by atoms with Crippen LogP contribution in [0.2, 0.25) is 0 Å². The maximum atomic E-state index is 12.2. The zero-order valence-corrected chi connectivity index (χ0v) is 15.8. The Balaban J connectivity index is 1.79. The molecule has 0 saturated carbocycles. The molecule has 2 aromatic rings. The van der Waals surface area contributed by atoms with Crippen molar-refractivity contribution >= 4 is 31.9 Å². The second-order valence-electron chi connectivity index (χ2n) is 5.33. The monoisotopic (exact) mass is 426 g/mol. The third kappa shape index (κ3) is 6.24. The molecule has 25 heavy (non-hydrogen) atoms. The Morgan fingerprint density at radius 2 is 1.88 bits per heavy atom. The number of benzene rings is 2. The van der Waals surface area contributed by atoms with Gasteiger partial charge in [-0.3, -0.25) is 4.79 Å². The van der Waals surface area contributed by atoms with Crippen LogP contribution in [0.25, 0.3) is 0 Å². The summed E-state index contributed by atoms with van der Waals surface area (Å²) < 4.78 is 28.8. The normalized spacial score (nSPS) is 11.3. The van der Waals surface area contributed by atoms with E-state index in [2.05, 4.69) is 21.2 Å². The fourth-order valence-corrected chi connectivity index (χ4v) is 3.06. The Morgan fingerprint density at radius 3 is 2.56 bits per heavy atom. The number of nitrogens with two attached hydrogens (primary N) is 1. The molecule has 0 spiro atoms. The van der Waals surface area contributed by atoms with Crippen LogP contribution in [0.15, 0.2) is 57.9 Å². The minimum atomic E-state index is -3.86. The van der Waals surface area contributed by atoms with E-state index in [0.717, 1.165) is 5.56 Å². The average molecular weight is 427 g/mol. The molecule has 0 unspecified atom stereocenters. The first kappa shape index (κ1) is 19.6. The Hall–Kier alpha value is -1.74. The molecule has 0 aromatic heterocycles. The quantitative estimate of drug-likeness (QED) is 0.633. The molecule has 0 aliphatic heterocycles. The number of sulfonamides is 1. The van der Waals surface area contributed by atoms with E-state index in [9.17, 15) is 13.2 Å². The smallest absolute Gasteiger partial charge is 0.252 e. The van der Waals surface area contributed by atoms with E-state index in [0.29, 0.717) is 30.7 Å². The lowest BCUT2D eigenvalue weighted by atomic mass is 10.2. The molecule has 2 rings (SSSR count). The molecule has 0 heterocycles. The summed E-state index contributed by atoms with van der Waals surface area (Å²) >= 11 is 3.24. The summed E-state index contributed by atoms with van der Waals surface area (Å²) in [4.78, 5) is 12.1. The zero-order valence-electron chi connectivity index (χ0n) is 13.4. The van der Waals surface area contributed by atoms with E-state index in [1.165, 1.54) is 18.2 Å². The molecule has 0 radical (unpaired) electrons. The summed E-state index contributed by atoms with van der Waals surface area (Å²) in [5.74, 6) is -0.375. The number of rotatable bonds is 8. The molecule has 6 nitrogen and oxygen atoms in total. The van der Waals surface area contributed by atoms with Crippen LogP contribution in [0.5, 0.6) is 0 Å². The van der Waals surface area contributed by atoms with E-state index < -0.39 is 10.0 Å². The minimum absolute atomic E-state index is 0.105. The van der Waals surface area contributed by atoms with E-state index >= 15 is 0 Å². The molecule has 0 fully saturated rings. The van der Waals surface area contributed by atoms with Crippen LogP contribution in [0, 0.1) is 0 Å². The number of hydrogen-bond donors (Lipinski definition) is 2. The maximum Gasteiger partial charge on any atom is 0.252 e. The number of nitrogens with one attached hydrogen (secondary N) is 1. The molecule has 0 atom stereocenters. The first-order valence-electron chi connectivity index (χ1n) is 7.60. The van der Waals surface area contributed by atoms with Crippen molar-refractivity contribution in [2.24, 2.45) is 5.14 Å². The number of carbonyl (C=O) groups is 1. The lowest BCUT2D eigenvalue weighted by molar-refractivity contribution is 0.0933. The van der Waals surface area contributed by atoms with E-state index in [-0.39, 0.29) is 16.4 Å². The van der Waals surface area contributed by atoms with Crippen LogP contribution in [-0.4, -0.2) is 27.5 Å². The van der Waals surface area contributed by atoms with Crippen LogP contribution < -0.4 is 10.5 Å². The van der Waals surface area contributed by atoms with Gasteiger partial charge in [0.15, 0.2) is 0 Å². The van der Waals surface area contributed by atoms with Crippen molar-refractivity contribution in [3.63, 3.8) is 0 Å². The fourth-order valence-electron chi connectivity index (χ4n) is 2.09. The number of amides is 1. The van der Waals surface area contributed by atoms with Crippen LogP contribution in [0.1, 0.15) is 22.3 Å².